The topological polar surface area (TPSA) is 64.3 Å². The van der Waals surface area contributed by atoms with Gasteiger partial charge < -0.3 is 15.8 Å². The van der Waals surface area contributed by atoms with Gasteiger partial charge in [-0.2, -0.15) is 0 Å². The maximum atomic E-state index is 11.0. The van der Waals surface area contributed by atoms with Gasteiger partial charge >= 0.3 is 0 Å². The Hall–Kier alpha value is -0.610. The van der Waals surface area contributed by atoms with Crippen LogP contribution in [-0.2, 0) is 9.53 Å². The number of hydrogen-bond donors (Lipinski definition) is 2. The van der Waals surface area contributed by atoms with Crippen LogP contribution in [0.15, 0.2) is 0 Å². The van der Waals surface area contributed by atoms with E-state index in [4.69, 9.17) is 10.5 Å². The van der Waals surface area contributed by atoms with Crippen LogP contribution in [0.1, 0.15) is 27.2 Å². The first-order valence-corrected chi connectivity index (χ1v) is 5.15. The first-order valence-electron chi connectivity index (χ1n) is 5.15. The Kier molecular flexibility index (Phi) is 7.42. The molecule has 3 N–H and O–H groups in total. The maximum absolute atomic E-state index is 11.0. The fourth-order valence-electron chi connectivity index (χ4n) is 0.828. The average Bonchev–Trinajstić information content (AvgIpc) is 2.09. The third kappa shape index (κ3) is 8.01. The van der Waals surface area contributed by atoms with Crippen molar-refractivity contribution < 1.29 is 9.53 Å². The van der Waals surface area contributed by atoms with Crippen LogP contribution in [0, 0.1) is 5.92 Å². The van der Waals surface area contributed by atoms with Crippen LogP contribution in [0.4, 0.5) is 0 Å². The van der Waals surface area contributed by atoms with Gasteiger partial charge in [0, 0.05) is 13.2 Å². The molecule has 0 rings (SSSR count). The number of carbonyl (C=O) groups excluding carboxylic acids is 1. The summed E-state index contributed by atoms with van der Waals surface area (Å²) in [6, 6.07) is -0.439. The fraction of sp³-hybridized carbons (Fsp3) is 0.900. The summed E-state index contributed by atoms with van der Waals surface area (Å²) in [5, 5.41) is 2.68. The highest BCUT2D eigenvalue weighted by atomic mass is 16.5. The molecule has 0 saturated carbocycles. The molecule has 1 amide bonds. The molecule has 0 aromatic rings. The van der Waals surface area contributed by atoms with Gasteiger partial charge in [-0.1, -0.05) is 13.8 Å². The molecule has 84 valence electrons. The monoisotopic (exact) mass is 202 g/mol. The molecular weight excluding hydrogens is 180 g/mol. The number of amides is 1. The highest BCUT2D eigenvalue weighted by molar-refractivity contribution is 5.80. The molecule has 0 aromatic carbocycles. The van der Waals surface area contributed by atoms with Crippen molar-refractivity contribution in [3.8, 4) is 0 Å². The zero-order valence-corrected chi connectivity index (χ0v) is 9.38. The standard InChI is InChI=1S/C10H22N2O2/c1-8(2)4-6-14-7-5-12-10(13)9(3)11/h8-9H,4-7,11H2,1-3H3,(H,12,13)/t9-/m0/s1. The average molecular weight is 202 g/mol. The number of nitrogens with one attached hydrogen (secondary N) is 1. The zero-order valence-electron chi connectivity index (χ0n) is 9.38. The molecule has 4 heteroatoms. The van der Waals surface area contributed by atoms with Crippen molar-refractivity contribution >= 4 is 5.91 Å². The fourth-order valence-corrected chi connectivity index (χ4v) is 0.828. The lowest BCUT2D eigenvalue weighted by Crippen LogP contribution is -2.39. The van der Waals surface area contributed by atoms with Crippen molar-refractivity contribution in [3.05, 3.63) is 0 Å². The van der Waals surface area contributed by atoms with Gasteiger partial charge in [-0.25, -0.2) is 0 Å². The third-order valence-electron chi connectivity index (χ3n) is 1.80. The van der Waals surface area contributed by atoms with Crippen LogP contribution in [0.25, 0.3) is 0 Å². The molecule has 0 aliphatic carbocycles. The number of hydrogen-bond acceptors (Lipinski definition) is 3. The summed E-state index contributed by atoms with van der Waals surface area (Å²) in [6.45, 7) is 7.83. The second kappa shape index (κ2) is 7.76. The predicted octanol–water partition coefficient (Wildman–Crippen LogP) is 0.513. The molecule has 0 fully saturated rings. The maximum Gasteiger partial charge on any atom is 0.236 e. The van der Waals surface area contributed by atoms with E-state index < -0.39 is 6.04 Å². The summed E-state index contributed by atoms with van der Waals surface area (Å²) in [5.41, 5.74) is 5.36. The normalized spacial score (nSPS) is 12.9. The van der Waals surface area contributed by atoms with Gasteiger partial charge in [0.25, 0.3) is 0 Å². The Morgan fingerprint density at radius 3 is 2.50 bits per heavy atom. The highest BCUT2D eigenvalue weighted by Crippen LogP contribution is 1.98. The van der Waals surface area contributed by atoms with Crippen LogP contribution in [0.2, 0.25) is 0 Å². The van der Waals surface area contributed by atoms with E-state index in [0.717, 1.165) is 13.0 Å². The summed E-state index contributed by atoms with van der Waals surface area (Å²) >= 11 is 0. The number of carbonyl (C=O) groups is 1. The summed E-state index contributed by atoms with van der Waals surface area (Å²) in [5.74, 6) is 0.533. The minimum Gasteiger partial charge on any atom is -0.380 e. The van der Waals surface area contributed by atoms with Gasteiger partial charge in [0.05, 0.1) is 12.6 Å². The number of rotatable bonds is 7. The smallest absolute Gasteiger partial charge is 0.236 e. The molecule has 1 atom stereocenters. The summed E-state index contributed by atoms with van der Waals surface area (Å²) in [6.07, 6.45) is 1.06. The molecule has 0 spiro atoms. The molecule has 0 heterocycles. The van der Waals surface area contributed by atoms with E-state index in [-0.39, 0.29) is 5.91 Å². The first-order chi connectivity index (χ1) is 6.54. The van der Waals surface area contributed by atoms with Gasteiger partial charge in [-0.3, -0.25) is 4.79 Å². The van der Waals surface area contributed by atoms with Crippen molar-refractivity contribution in [2.24, 2.45) is 11.7 Å². The minimum atomic E-state index is -0.439. The van der Waals surface area contributed by atoms with E-state index in [1.807, 2.05) is 0 Å². The SMILES string of the molecule is CC(C)CCOCCNC(=O)[C@H](C)N. The largest absolute Gasteiger partial charge is 0.380 e. The number of nitrogens with two attached hydrogens (primary N) is 1. The van der Waals surface area contributed by atoms with Crippen LogP contribution in [0.5, 0.6) is 0 Å². The van der Waals surface area contributed by atoms with E-state index in [9.17, 15) is 4.79 Å². The summed E-state index contributed by atoms with van der Waals surface area (Å²) in [4.78, 5) is 11.0. The Bertz CT molecular complexity index is 158. The van der Waals surface area contributed by atoms with Gasteiger partial charge in [-0.15, -0.1) is 0 Å². The molecule has 4 nitrogen and oxygen atoms in total. The van der Waals surface area contributed by atoms with E-state index in [0.29, 0.717) is 19.1 Å². The van der Waals surface area contributed by atoms with Crippen molar-refractivity contribution in [1.82, 2.24) is 5.32 Å². The second-order valence-electron chi connectivity index (χ2n) is 3.87. The van der Waals surface area contributed by atoms with Crippen LogP contribution in [-0.4, -0.2) is 31.7 Å². The van der Waals surface area contributed by atoms with Gasteiger partial charge in [0.15, 0.2) is 0 Å². The van der Waals surface area contributed by atoms with Crippen LogP contribution in [0.3, 0.4) is 0 Å². The van der Waals surface area contributed by atoms with Crippen molar-refractivity contribution in [3.63, 3.8) is 0 Å². The Morgan fingerprint density at radius 2 is 2.00 bits per heavy atom. The van der Waals surface area contributed by atoms with Gasteiger partial charge in [0.1, 0.15) is 0 Å². The molecule has 0 bridgehead atoms. The van der Waals surface area contributed by atoms with Gasteiger partial charge in [0.2, 0.25) is 5.91 Å². The molecule has 0 aliphatic heterocycles. The van der Waals surface area contributed by atoms with E-state index >= 15 is 0 Å². The Balaban J connectivity index is 3.18. The zero-order chi connectivity index (χ0) is 11.0. The van der Waals surface area contributed by atoms with E-state index in [2.05, 4.69) is 19.2 Å². The summed E-state index contributed by atoms with van der Waals surface area (Å²) in [7, 11) is 0. The second-order valence-corrected chi connectivity index (χ2v) is 3.87. The Morgan fingerprint density at radius 1 is 1.36 bits per heavy atom. The molecule has 0 saturated heterocycles. The lowest BCUT2D eigenvalue weighted by atomic mass is 10.1. The predicted molar refractivity (Wildman–Crippen MR) is 56.9 cm³/mol. The number of ether oxygens (including phenoxy) is 1. The lowest BCUT2D eigenvalue weighted by molar-refractivity contribution is -0.122. The van der Waals surface area contributed by atoms with Crippen LogP contribution >= 0.6 is 0 Å². The lowest BCUT2D eigenvalue weighted by Gasteiger charge is -2.09. The molecule has 0 unspecified atom stereocenters. The van der Waals surface area contributed by atoms with Crippen molar-refractivity contribution in [2.45, 2.75) is 33.2 Å². The molecule has 0 radical (unpaired) electrons. The molecular formula is C10H22N2O2. The van der Waals surface area contributed by atoms with Gasteiger partial charge in [-0.05, 0) is 19.3 Å². The van der Waals surface area contributed by atoms with E-state index in [1.165, 1.54) is 0 Å². The van der Waals surface area contributed by atoms with Crippen LogP contribution < -0.4 is 11.1 Å². The Labute approximate surface area is 86.2 Å². The summed E-state index contributed by atoms with van der Waals surface area (Å²) < 4.78 is 5.32. The first kappa shape index (κ1) is 13.4. The van der Waals surface area contributed by atoms with Crippen molar-refractivity contribution in [2.75, 3.05) is 19.8 Å². The third-order valence-corrected chi connectivity index (χ3v) is 1.80. The van der Waals surface area contributed by atoms with Crippen molar-refractivity contribution in [1.29, 1.82) is 0 Å². The van der Waals surface area contributed by atoms with E-state index in [1.54, 1.807) is 6.92 Å². The molecule has 14 heavy (non-hydrogen) atoms. The highest BCUT2D eigenvalue weighted by Gasteiger charge is 2.04. The molecule has 0 aliphatic rings. The molecule has 0 aromatic heterocycles. The quantitative estimate of drug-likeness (QED) is 0.591. The minimum absolute atomic E-state index is 0.127.